The Bertz CT molecular complexity index is 564. The Labute approximate surface area is 112 Å². The predicted octanol–water partition coefficient (Wildman–Crippen LogP) is 2.16. The number of rotatable bonds is 4. The van der Waals surface area contributed by atoms with Crippen LogP contribution < -0.4 is 5.43 Å². The molecule has 0 aliphatic carbocycles. The molecule has 1 heterocycles. The third kappa shape index (κ3) is 4.03. The summed E-state index contributed by atoms with van der Waals surface area (Å²) in [5.41, 5.74) is 5.22. The van der Waals surface area contributed by atoms with Crippen LogP contribution >= 0.6 is 0 Å². The molecule has 0 fully saturated rings. The molecule has 0 bridgehead atoms. The lowest BCUT2D eigenvalue weighted by atomic mass is 10.1. The quantitative estimate of drug-likeness (QED) is 0.670. The van der Waals surface area contributed by atoms with E-state index in [4.69, 9.17) is 0 Å². The number of hydrazone groups is 1. The molecule has 1 amide bonds. The molecule has 0 saturated heterocycles. The summed E-state index contributed by atoms with van der Waals surface area (Å²) in [5, 5.41) is 4.08. The van der Waals surface area contributed by atoms with Crippen molar-refractivity contribution >= 4 is 11.6 Å². The molecule has 0 unspecified atom stereocenters. The smallest absolute Gasteiger partial charge is 0.244 e. The lowest BCUT2D eigenvalue weighted by Crippen LogP contribution is -2.21. The molecule has 0 aliphatic heterocycles. The van der Waals surface area contributed by atoms with Gasteiger partial charge in [0, 0.05) is 18.0 Å². The topological polar surface area (TPSA) is 54.4 Å². The number of hydrogen-bond acceptors (Lipinski definition) is 3. The highest BCUT2D eigenvalue weighted by Crippen LogP contribution is 2.00. The van der Waals surface area contributed by atoms with Crippen molar-refractivity contribution in [2.75, 3.05) is 0 Å². The van der Waals surface area contributed by atoms with E-state index in [1.807, 2.05) is 49.4 Å². The van der Waals surface area contributed by atoms with Gasteiger partial charge in [0.25, 0.3) is 0 Å². The van der Waals surface area contributed by atoms with Crippen molar-refractivity contribution in [3.05, 3.63) is 66.0 Å². The molecular weight excluding hydrogens is 238 g/mol. The second kappa shape index (κ2) is 6.44. The molecule has 1 aromatic carbocycles. The number of pyridine rings is 1. The van der Waals surface area contributed by atoms with Crippen molar-refractivity contribution in [1.82, 2.24) is 10.4 Å². The van der Waals surface area contributed by atoms with Gasteiger partial charge in [-0.25, -0.2) is 5.43 Å². The van der Waals surface area contributed by atoms with Crippen molar-refractivity contribution in [2.45, 2.75) is 13.3 Å². The lowest BCUT2D eigenvalue weighted by molar-refractivity contribution is -0.120. The molecular formula is C15H15N3O. The summed E-state index contributed by atoms with van der Waals surface area (Å²) in [6.07, 6.45) is 3.72. The van der Waals surface area contributed by atoms with Crippen LogP contribution in [0.1, 0.15) is 18.1 Å². The Balaban J connectivity index is 1.93. The minimum absolute atomic E-state index is 0.125. The number of hydrogen-bond donors (Lipinski definition) is 1. The third-order valence-corrected chi connectivity index (χ3v) is 2.65. The number of benzene rings is 1. The van der Waals surface area contributed by atoms with Gasteiger partial charge >= 0.3 is 0 Å². The molecule has 0 aliphatic rings. The fourth-order valence-corrected chi connectivity index (χ4v) is 1.62. The Hall–Kier alpha value is -2.49. The van der Waals surface area contributed by atoms with Crippen molar-refractivity contribution in [3.63, 3.8) is 0 Å². The lowest BCUT2D eigenvalue weighted by Gasteiger charge is -2.03. The summed E-state index contributed by atoms with van der Waals surface area (Å²) in [6.45, 7) is 1.85. The van der Waals surface area contributed by atoms with Crippen molar-refractivity contribution in [3.8, 4) is 0 Å². The van der Waals surface area contributed by atoms with Gasteiger partial charge in [-0.3, -0.25) is 9.78 Å². The van der Waals surface area contributed by atoms with Gasteiger partial charge in [-0.15, -0.1) is 0 Å². The predicted molar refractivity (Wildman–Crippen MR) is 74.7 cm³/mol. The summed E-state index contributed by atoms with van der Waals surface area (Å²) in [6, 6.07) is 13.3. The van der Waals surface area contributed by atoms with Crippen LogP contribution in [0.2, 0.25) is 0 Å². The van der Waals surface area contributed by atoms with E-state index in [-0.39, 0.29) is 5.91 Å². The maximum atomic E-state index is 11.7. The Morgan fingerprint density at radius 1 is 1.16 bits per heavy atom. The average Bonchev–Trinajstić information content (AvgIpc) is 2.47. The van der Waals surface area contributed by atoms with E-state index in [1.165, 1.54) is 0 Å². The first kappa shape index (κ1) is 13.0. The summed E-state index contributed by atoms with van der Waals surface area (Å²) < 4.78 is 0. The highest BCUT2D eigenvalue weighted by atomic mass is 16.2. The molecule has 0 radical (unpaired) electrons. The fourth-order valence-electron chi connectivity index (χ4n) is 1.62. The van der Waals surface area contributed by atoms with Gasteiger partial charge in [-0.1, -0.05) is 30.3 Å². The number of nitrogens with one attached hydrogen (secondary N) is 1. The van der Waals surface area contributed by atoms with Gasteiger partial charge in [-0.2, -0.15) is 5.10 Å². The van der Waals surface area contributed by atoms with Gasteiger partial charge < -0.3 is 0 Å². The van der Waals surface area contributed by atoms with Gasteiger partial charge in [0.1, 0.15) is 0 Å². The van der Waals surface area contributed by atoms with Gasteiger partial charge in [0.15, 0.2) is 0 Å². The molecule has 1 aromatic heterocycles. The van der Waals surface area contributed by atoms with Gasteiger partial charge in [-0.05, 0) is 24.6 Å². The summed E-state index contributed by atoms with van der Waals surface area (Å²) in [4.78, 5) is 15.7. The van der Waals surface area contributed by atoms with Gasteiger partial charge in [0.05, 0.1) is 12.1 Å². The zero-order chi connectivity index (χ0) is 13.5. The van der Waals surface area contributed by atoms with Crippen molar-refractivity contribution in [1.29, 1.82) is 0 Å². The van der Waals surface area contributed by atoms with Crippen molar-refractivity contribution in [2.24, 2.45) is 5.10 Å². The van der Waals surface area contributed by atoms with E-state index in [2.05, 4.69) is 15.5 Å². The molecule has 0 saturated carbocycles. The highest BCUT2D eigenvalue weighted by molar-refractivity contribution is 5.99. The molecule has 0 atom stereocenters. The second-order valence-corrected chi connectivity index (χ2v) is 4.13. The number of carbonyl (C=O) groups excluding carboxylic acids is 1. The molecule has 1 N–H and O–H groups in total. The van der Waals surface area contributed by atoms with Crippen LogP contribution in [-0.2, 0) is 11.2 Å². The van der Waals surface area contributed by atoms with Crippen LogP contribution in [0.25, 0.3) is 0 Å². The second-order valence-electron chi connectivity index (χ2n) is 4.13. The monoisotopic (exact) mass is 253 g/mol. The number of amides is 1. The molecule has 2 aromatic rings. The number of aromatic nitrogens is 1. The third-order valence-electron chi connectivity index (χ3n) is 2.65. The maximum Gasteiger partial charge on any atom is 0.244 e. The van der Waals surface area contributed by atoms with Crippen LogP contribution in [0.4, 0.5) is 0 Å². The maximum absolute atomic E-state index is 11.7. The van der Waals surface area contributed by atoms with Crippen LogP contribution in [-0.4, -0.2) is 16.6 Å². The van der Waals surface area contributed by atoms with Crippen LogP contribution in [0.3, 0.4) is 0 Å². The first-order valence-electron chi connectivity index (χ1n) is 6.03. The largest absolute Gasteiger partial charge is 0.273 e. The average molecular weight is 253 g/mol. The van der Waals surface area contributed by atoms with Crippen molar-refractivity contribution < 1.29 is 4.79 Å². The first-order valence-corrected chi connectivity index (χ1v) is 6.03. The summed E-state index contributed by atoms with van der Waals surface area (Å²) >= 11 is 0. The van der Waals surface area contributed by atoms with E-state index >= 15 is 0 Å². The minimum atomic E-state index is -0.125. The Kier molecular flexibility index (Phi) is 4.39. The number of carbonyl (C=O) groups is 1. The molecule has 4 nitrogen and oxygen atoms in total. The van der Waals surface area contributed by atoms with Crippen LogP contribution in [0, 0.1) is 0 Å². The number of nitrogens with zero attached hydrogens (tertiary/aromatic N) is 2. The Morgan fingerprint density at radius 2 is 1.84 bits per heavy atom. The zero-order valence-corrected chi connectivity index (χ0v) is 10.7. The normalized spacial score (nSPS) is 11.1. The van der Waals surface area contributed by atoms with E-state index < -0.39 is 0 Å². The van der Waals surface area contributed by atoms with E-state index in [1.54, 1.807) is 12.4 Å². The molecule has 2 rings (SSSR count). The zero-order valence-electron chi connectivity index (χ0n) is 10.7. The summed E-state index contributed by atoms with van der Waals surface area (Å²) in [7, 11) is 0. The van der Waals surface area contributed by atoms with Gasteiger partial charge in [0.2, 0.25) is 5.91 Å². The SMILES string of the molecule is C/C(=N/NC(=O)Cc1ccccc1)c1ccncc1. The van der Waals surface area contributed by atoms with Crippen LogP contribution in [0.15, 0.2) is 60.0 Å². The minimum Gasteiger partial charge on any atom is -0.273 e. The summed E-state index contributed by atoms with van der Waals surface area (Å²) in [5.74, 6) is -0.125. The molecule has 4 heteroatoms. The van der Waals surface area contributed by atoms with Crippen LogP contribution in [0.5, 0.6) is 0 Å². The van der Waals surface area contributed by atoms with E-state index in [0.29, 0.717) is 6.42 Å². The van der Waals surface area contributed by atoms with E-state index in [9.17, 15) is 4.79 Å². The standard InChI is InChI=1S/C15H15N3O/c1-12(14-7-9-16-10-8-14)17-18-15(19)11-13-5-3-2-4-6-13/h2-10H,11H2,1H3,(H,18,19)/b17-12-. The highest BCUT2D eigenvalue weighted by Gasteiger charge is 2.02. The molecule has 96 valence electrons. The Morgan fingerprint density at radius 3 is 2.53 bits per heavy atom. The fraction of sp³-hybridized carbons (Fsp3) is 0.133. The molecule has 19 heavy (non-hydrogen) atoms. The first-order chi connectivity index (χ1) is 9.25. The molecule has 0 spiro atoms. The van der Waals surface area contributed by atoms with E-state index in [0.717, 1.165) is 16.8 Å².